The molecular formula is C14H25N3O4. The van der Waals surface area contributed by atoms with Gasteiger partial charge in [-0.25, -0.2) is 9.59 Å². The lowest BCUT2D eigenvalue weighted by Crippen LogP contribution is -2.58. The maximum atomic E-state index is 12.1. The summed E-state index contributed by atoms with van der Waals surface area (Å²) in [7, 11) is 1.48. The van der Waals surface area contributed by atoms with Gasteiger partial charge in [0.05, 0.1) is 0 Å². The van der Waals surface area contributed by atoms with Gasteiger partial charge >= 0.3 is 12.0 Å². The van der Waals surface area contributed by atoms with Crippen LogP contribution in [-0.2, 0) is 9.59 Å². The van der Waals surface area contributed by atoms with Crippen LogP contribution in [0.25, 0.3) is 0 Å². The molecule has 0 spiro atoms. The summed E-state index contributed by atoms with van der Waals surface area (Å²) in [5.74, 6) is -1.26. The van der Waals surface area contributed by atoms with Crippen molar-refractivity contribution in [2.75, 3.05) is 20.1 Å². The Morgan fingerprint density at radius 1 is 1.14 bits per heavy atom. The zero-order valence-corrected chi connectivity index (χ0v) is 12.8. The van der Waals surface area contributed by atoms with Gasteiger partial charge in [-0.2, -0.15) is 0 Å². The van der Waals surface area contributed by atoms with E-state index in [9.17, 15) is 19.5 Å². The minimum atomic E-state index is -1.21. The third-order valence-electron chi connectivity index (χ3n) is 3.81. The molecule has 0 bridgehead atoms. The van der Waals surface area contributed by atoms with E-state index >= 15 is 0 Å². The van der Waals surface area contributed by atoms with Crippen LogP contribution in [-0.4, -0.2) is 53.6 Å². The Kier molecular flexibility index (Phi) is 6.45. The maximum Gasteiger partial charge on any atom is 0.329 e. The zero-order valence-electron chi connectivity index (χ0n) is 12.8. The predicted octanol–water partition coefficient (Wildman–Crippen LogP) is 0.941. The third kappa shape index (κ3) is 4.91. The molecule has 0 saturated heterocycles. The normalized spacial score (nSPS) is 17.4. The van der Waals surface area contributed by atoms with Gasteiger partial charge in [-0.15, -0.1) is 0 Å². The highest BCUT2D eigenvalue weighted by Crippen LogP contribution is 2.27. The molecular weight excluding hydrogens is 274 g/mol. The summed E-state index contributed by atoms with van der Waals surface area (Å²) in [6.07, 6.45) is 4.41. The Bertz CT molecular complexity index is 390. The van der Waals surface area contributed by atoms with Gasteiger partial charge in [0.2, 0.25) is 5.91 Å². The van der Waals surface area contributed by atoms with Crippen LogP contribution in [0.2, 0.25) is 0 Å². The van der Waals surface area contributed by atoms with Gasteiger partial charge < -0.3 is 20.6 Å². The SMILES string of the molecule is CCNC(=O)CN(C)C(=O)NC1(C(=O)O)CCCCCC1. The average molecular weight is 299 g/mol. The van der Waals surface area contributed by atoms with Crippen LogP contribution in [0.15, 0.2) is 0 Å². The lowest BCUT2D eigenvalue weighted by molar-refractivity contribution is -0.145. The van der Waals surface area contributed by atoms with E-state index in [4.69, 9.17) is 0 Å². The molecule has 0 aliphatic heterocycles. The van der Waals surface area contributed by atoms with E-state index in [0.29, 0.717) is 19.4 Å². The molecule has 120 valence electrons. The zero-order chi connectivity index (χ0) is 15.9. The minimum Gasteiger partial charge on any atom is -0.480 e. The molecule has 21 heavy (non-hydrogen) atoms. The van der Waals surface area contributed by atoms with Crippen LogP contribution in [0.1, 0.15) is 45.4 Å². The van der Waals surface area contributed by atoms with Gasteiger partial charge in [-0.1, -0.05) is 25.7 Å². The molecule has 0 aromatic carbocycles. The van der Waals surface area contributed by atoms with Crippen molar-refractivity contribution in [3.63, 3.8) is 0 Å². The predicted molar refractivity (Wildman–Crippen MR) is 77.9 cm³/mol. The van der Waals surface area contributed by atoms with Crippen LogP contribution < -0.4 is 10.6 Å². The summed E-state index contributed by atoms with van der Waals surface area (Å²) in [5, 5.41) is 14.7. The molecule has 0 aromatic rings. The largest absolute Gasteiger partial charge is 0.480 e. The third-order valence-corrected chi connectivity index (χ3v) is 3.81. The number of urea groups is 1. The first-order valence-corrected chi connectivity index (χ1v) is 7.44. The summed E-state index contributed by atoms with van der Waals surface area (Å²) in [6, 6.07) is -0.523. The second-order valence-electron chi connectivity index (χ2n) is 5.54. The summed E-state index contributed by atoms with van der Waals surface area (Å²) in [5.41, 5.74) is -1.21. The number of nitrogens with zero attached hydrogens (tertiary/aromatic N) is 1. The number of carbonyl (C=O) groups excluding carboxylic acids is 2. The minimum absolute atomic E-state index is 0.0879. The van der Waals surface area contributed by atoms with Crippen molar-refractivity contribution in [1.29, 1.82) is 0 Å². The molecule has 1 rings (SSSR count). The number of carboxylic acid groups (broad SMARTS) is 1. The summed E-state index contributed by atoms with van der Waals surface area (Å²) >= 11 is 0. The lowest BCUT2D eigenvalue weighted by atomic mass is 9.90. The van der Waals surface area contributed by atoms with E-state index in [1.807, 2.05) is 0 Å². The summed E-state index contributed by atoms with van der Waals surface area (Å²) < 4.78 is 0. The molecule has 0 radical (unpaired) electrons. The summed E-state index contributed by atoms with van der Waals surface area (Å²) in [4.78, 5) is 36.4. The Labute approximate surface area is 125 Å². The molecule has 1 aliphatic carbocycles. The molecule has 0 unspecified atom stereocenters. The molecule has 7 nitrogen and oxygen atoms in total. The number of hydrogen-bond donors (Lipinski definition) is 3. The van der Waals surface area contributed by atoms with Crippen molar-refractivity contribution in [2.24, 2.45) is 0 Å². The smallest absolute Gasteiger partial charge is 0.329 e. The Morgan fingerprint density at radius 3 is 2.19 bits per heavy atom. The molecule has 3 amide bonds. The monoisotopic (exact) mass is 299 g/mol. The molecule has 0 atom stereocenters. The van der Waals surface area contributed by atoms with Crippen LogP contribution in [0, 0.1) is 0 Å². The number of rotatable bonds is 5. The van der Waals surface area contributed by atoms with E-state index in [2.05, 4.69) is 10.6 Å². The Morgan fingerprint density at radius 2 is 1.71 bits per heavy atom. The highest BCUT2D eigenvalue weighted by molar-refractivity contribution is 5.88. The van der Waals surface area contributed by atoms with Crippen molar-refractivity contribution in [3.05, 3.63) is 0 Å². The van der Waals surface area contributed by atoms with E-state index in [1.165, 1.54) is 11.9 Å². The van der Waals surface area contributed by atoms with Gasteiger partial charge in [-0.3, -0.25) is 4.79 Å². The second-order valence-corrected chi connectivity index (χ2v) is 5.54. The first-order valence-electron chi connectivity index (χ1n) is 7.44. The number of carbonyl (C=O) groups is 3. The standard InChI is InChI=1S/C14H25N3O4/c1-3-15-11(18)10-17(2)13(21)16-14(12(19)20)8-6-4-5-7-9-14/h3-10H2,1-2H3,(H,15,18)(H,16,21)(H,19,20). The van der Waals surface area contributed by atoms with E-state index in [1.54, 1.807) is 6.92 Å². The van der Waals surface area contributed by atoms with Crippen molar-refractivity contribution >= 4 is 17.9 Å². The highest BCUT2D eigenvalue weighted by Gasteiger charge is 2.40. The molecule has 1 saturated carbocycles. The van der Waals surface area contributed by atoms with Gasteiger partial charge in [-0.05, 0) is 19.8 Å². The first kappa shape index (κ1) is 17.3. The summed E-state index contributed by atoms with van der Waals surface area (Å²) in [6.45, 7) is 2.20. The van der Waals surface area contributed by atoms with Gasteiger partial charge in [0, 0.05) is 13.6 Å². The molecule has 3 N–H and O–H groups in total. The average Bonchev–Trinajstić information content (AvgIpc) is 2.65. The molecule has 0 aromatic heterocycles. The number of nitrogens with one attached hydrogen (secondary N) is 2. The number of aliphatic carboxylic acids is 1. The molecule has 1 fully saturated rings. The van der Waals surface area contributed by atoms with Crippen molar-refractivity contribution < 1.29 is 19.5 Å². The fourth-order valence-corrected chi connectivity index (χ4v) is 2.56. The van der Waals surface area contributed by atoms with Gasteiger partial charge in [0.15, 0.2) is 0 Å². The van der Waals surface area contributed by atoms with Crippen LogP contribution in [0.4, 0.5) is 4.79 Å². The van der Waals surface area contributed by atoms with Crippen LogP contribution in [0.3, 0.4) is 0 Å². The van der Waals surface area contributed by atoms with E-state index < -0.39 is 17.5 Å². The number of carboxylic acids is 1. The van der Waals surface area contributed by atoms with Crippen molar-refractivity contribution in [3.8, 4) is 0 Å². The maximum absolute atomic E-state index is 12.1. The van der Waals surface area contributed by atoms with Crippen LogP contribution >= 0.6 is 0 Å². The quantitative estimate of drug-likeness (QED) is 0.658. The fourth-order valence-electron chi connectivity index (χ4n) is 2.56. The molecule has 1 aliphatic rings. The van der Waals surface area contributed by atoms with E-state index in [0.717, 1.165) is 25.7 Å². The topological polar surface area (TPSA) is 98.7 Å². The number of likely N-dealkylation sites (N-methyl/N-ethyl adjacent to an activating group) is 2. The Balaban J connectivity index is 2.67. The molecule has 7 heteroatoms. The van der Waals surface area contributed by atoms with Crippen molar-refractivity contribution in [2.45, 2.75) is 51.0 Å². The fraction of sp³-hybridized carbons (Fsp3) is 0.786. The van der Waals surface area contributed by atoms with Crippen LogP contribution in [0.5, 0.6) is 0 Å². The number of amides is 3. The second kappa shape index (κ2) is 7.85. The highest BCUT2D eigenvalue weighted by atomic mass is 16.4. The van der Waals surface area contributed by atoms with Gasteiger partial charge in [0.1, 0.15) is 12.1 Å². The van der Waals surface area contributed by atoms with Gasteiger partial charge in [0.25, 0.3) is 0 Å². The first-order chi connectivity index (χ1) is 9.91. The lowest BCUT2D eigenvalue weighted by Gasteiger charge is -2.31. The number of hydrogen-bond acceptors (Lipinski definition) is 3. The van der Waals surface area contributed by atoms with E-state index in [-0.39, 0.29) is 12.5 Å². The Hall–Kier alpha value is -1.79. The molecule has 0 heterocycles. The van der Waals surface area contributed by atoms with Crippen molar-refractivity contribution in [1.82, 2.24) is 15.5 Å².